The van der Waals surface area contributed by atoms with Gasteiger partial charge in [-0.3, -0.25) is 14.6 Å². The third-order valence-electron chi connectivity index (χ3n) is 6.72. The first kappa shape index (κ1) is 24.0. The zero-order valence-electron chi connectivity index (χ0n) is 19.5. The van der Waals surface area contributed by atoms with Crippen molar-refractivity contribution in [1.82, 2.24) is 10.3 Å². The molecular weight excluding hydrogens is 471 g/mol. The minimum atomic E-state index is -4.64. The van der Waals surface area contributed by atoms with Crippen molar-refractivity contribution >= 4 is 17.4 Å². The Labute approximate surface area is 205 Å². The molecule has 0 radical (unpaired) electrons. The van der Waals surface area contributed by atoms with Crippen molar-refractivity contribution in [2.24, 2.45) is 0 Å². The Balaban J connectivity index is 1.42. The van der Waals surface area contributed by atoms with Crippen LogP contribution in [-0.4, -0.2) is 35.4 Å². The number of aryl methyl sites for hydroxylation is 1. The highest BCUT2D eigenvalue weighted by Crippen LogP contribution is 2.40. The minimum Gasteiger partial charge on any atom is -0.486 e. The zero-order valence-corrected chi connectivity index (χ0v) is 19.5. The van der Waals surface area contributed by atoms with Gasteiger partial charge in [-0.05, 0) is 73.1 Å². The zero-order chi connectivity index (χ0) is 25.5. The third kappa shape index (κ3) is 4.70. The van der Waals surface area contributed by atoms with Crippen LogP contribution in [0, 0.1) is 6.92 Å². The lowest BCUT2D eigenvalue weighted by Gasteiger charge is -2.41. The van der Waals surface area contributed by atoms with Crippen molar-refractivity contribution < 1.29 is 27.5 Å². The maximum Gasteiger partial charge on any atom is 0.433 e. The number of hydrogen-bond donors (Lipinski definition) is 2. The number of ketones is 1. The van der Waals surface area contributed by atoms with E-state index in [1.165, 1.54) is 6.07 Å². The number of halogens is 3. The van der Waals surface area contributed by atoms with Crippen molar-refractivity contribution in [2.45, 2.75) is 38.0 Å². The fourth-order valence-corrected chi connectivity index (χ4v) is 4.76. The molecule has 3 aromatic rings. The molecule has 0 saturated carbocycles. The number of Topliss-reactive ketones (excluding diaryl/α,β-unsaturated/α-hetero) is 1. The van der Waals surface area contributed by atoms with Crippen molar-refractivity contribution in [3.05, 3.63) is 77.1 Å². The molecule has 1 amide bonds. The summed E-state index contributed by atoms with van der Waals surface area (Å²) in [7, 11) is 0. The molecule has 1 spiro atoms. The molecule has 2 aliphatic heterocycles. The average Bonchev–Trinajstić information content (AvgIpc) is 2.85. The molecule has 5 rings (SSSR count). The smallest absolute Gasteiger partial charge is 0.433 e. The molecule has 2 N–H and O–H groups in total. The molecule has 6 nitrogen and oxygen atoms in total. The van der Waals surface area contributed by atoms with E-state index in [1.54, 1.807) is 18.2 Å². The molecule has 0 atom stereocenters. The standard InChI is InChI=1S/C27H24F3N3O3/c1-16-2-4-19(33-25(35)18-6-9-32-24(13-18)27(28,29)30)14-21(16)17-3-5-20-22(34)15-26(36-23(20)12-17)7-10-31-11-8-26/h2-6,9,12-14,31H,7-8,10-11,15H2,1H3,(H,33,35). The number of carbonyl (C=O) groups is 2. The monoisotopic (exact) mass is 495 g/mol. The number of alkyl halides is 3. The number of nitrogens with one attached hydrogen (secondary N) is 2. The number of ether oxygens (including phenoxy) is 1. The van der Waals surface area contributed by atoms with Gasteiger partial charge in [0.1, 0.15) is 17.0 Å². The Hall–Kier alpha value is -3.72. The molecule has 36 heavy (non-hydrogen) atoms. The molecular formula is C27H24F3N3O3. The Kier molecular flexibility index (Phi) is 6.04. The van der Waals surface area contributed by atoms with Crippen molar-refractivity contribution in [3.8, 4) is 16.9 Å². The van der Waals surface area contributed by atoms with E-state index in [0.717, 1.165) is 54.9 Å². The van der Waals surface area contributed by atoms with Gasteiger partial charge in [-0.2, -0.15) is 13.2 Å². The Morgan fingerprint density at radius 1 is 1.06 bits per heavy atom. The predicted molar refractivity (Wildman–Crippen MR) is 128 cm³/mol. The summed E-state index contributed by atoms with van der Waals surface area (Å²) in [5.41, 5.74) is 1.76. The van der Waals surface area contributed by atoms with Gasteiger partial charge in [0.2, 0.25) is 0 Å². The molecule has 0 aliphatic carbocycles. The van der Waals surface area contributed by atoms with Gasteiger partial charge >= 0.3 is 6.18 Å². The number of aromatic nitrogens is 1. The molecule has 9 heteroatoms. The number of benzene rings is 2. The highest BCUT2D eigenvalue weighted by Gasteiger charge is 2.41. The number of rotatable bonds is 3. The molecule has 1 fully saturated rings. The number of carbonyl (C=O) groups excluding carboxylic acids is 2. The fraction of sp³-hybridized carbons (Fsp3) is 0.296. The van der Waals surface area contributed by atoms with Gasteiger partial charge in [0.15, 0.2) is 5.78 Å². The molecule has 0 unspecified atom stereocenters. The van der Waals surface area contributed by atoms with E-state index in [2.05, 4.69) is 15.6 Å². The van der Waals surface area contributed by atoms with Crippen LogP contribution in [0.3, 0.4) is 0 Å². The minimum absolute atomic E-state index is 0.0676. The van der Waals surface area contributed by atoms with E-state index < -0.39 is 23.4 Å². The van der Waals surface area contributed by atoms with Crippen molar-refractivity contribution in [1.29, 1.82) is 0 Å². The number of amides is 1. The first-order chi connectivity index (χ1) is 17.1. The second-order valence-electron chi connectivity index (χ2n) is 9.26. The van der Waals surface area contributed by atoms with Gasteiger partial charge in [-0.15, -0.1) is 0 Å². The Morgan fingerprint density at radius 3 is 2.58 bits per heavy atom. The quantitative estimate of drug-likeness (QED) is 0.508. The van der Waals surface area contributed by atoms with Gasteiger partial charge in [-0.25, -0.2) is 0 Å². The number of pyridine rings is 1. The molecule has 3 heterocycles. The molecule has 1 aromatic heterocycles. The van der Waals surface area contributed by atoms with E-state index in [9.17, 15) is 22.8 Å². The fourth-order valence-electron chi connectivity index (χ4n) is 4.76. The van der Waals surface area contributed by atoms with E-state index in [4.69, 9.17) is 4.74 Å². The van der Waals surface area contributed by atoms with Crippen LogP contribution in [0.4, 0.5) is 18.9 Å². The SMILES string of the molecule is Cc1ccc(NC(=O)c2ccnc(C(F)(F)F)c2)cc1-c1ccc2c(c1)OC1(CCNCC1)CC2=O. The first-order valence-corrected chi connectivity index (χ1v) is 11.7. The molecule has 2 aromatic carbocycles. The summed E-state index contributed by atoms with van der Waals surface area (Å²) in [6.07, 6.45) is -1.80. The van der Waals surface area contributed by atoms with E-state index >= 15 is 0 Å². The molecule has 0 bridgehead atoms. The van der Waals surface area contributed by atoms with Crippen LogP contribution in [0.15, 0.2) is 54.7 Å². The van der Waals surface area contributed by atoms with Crippen LogP contribution in [-0.2, 0) is 6.18 Å². The summed E-state index contributed by atoms with van der Waals surface area (Å²) in [6.45, 7) is 3.51. The van der Waals surface area contributed by atoms with Crippen LogP contribution in [0.25, 0.3) is 11.1 Å². The van der Waals surface area contributed by atoms with Crippen molar-refractivity contribution in [2.75, 3.05) is 18.4 Å². The highest BCUT2D eigenvalue weighted by atomic mass is 19.4. The van der Waals surface area contributed by atoms with Crippen LogP contribution >= 0.6 is 0 Å². The lowest BCUT2D eigenvalue weighted by Crippen LogP contribution is -2.49. The topological polar surface area (TPSA) is 80.3 Å². The lowest BCUT2D eigenvalue weighted by atomic mass is 9.82. The maximum absolute atomic E-state index is 13.0. The van der Waals surface area contributed by atoms with Crippen LogP contribution in [0.1, 0.15) is 51.2 Å². The second kappa shape index (κ2) is 9.05. The van der Waals surface area contributed by atoms with E-state index in [-0.39, 0.29) is 11.3 Å². The Morgan fingerprint density at radius 2 is 1.83 bits per heavy atom. The van der Waals surface area contributed by atoms with Crippen LogP contribution in [0.2, 0.25) is 0 Å². The first-order valence-electron chi connectivity index (χ1n) is 11.7. The maximum atomic E-state index is 13.0. The normalized spacial score (nSPS) is 16.8. The van der Waals surface area contributed by atoms with Gasteiger partial charge in [0.05, 0.1) is 12.0 Å². The second-order valence-corrected chi connectivity index (χ2v) is 9.26. The third-order valence-corrected chi connectivity index (χ3v) is 6.72. The molecule has 186 valence electrons. The van der Waals surface area contributed by atoms with Gasteiger partial charge in [0, 0.05) is 30.3 Å². The number of hydrogen-bond acceptors (Lipinski definition) is 5. The van der Waals surface area contributed by atoms with E-state index in [1.807, 2.05) is 25.1 Å². The summed E-state index contributed by atoms with van der Waals surface area (Å²) < 4.78 is 45.3. The largest absolute Gasteiger partial charge is 0.486 e. The van der Waals surface area contributed by atoms with Crippen LogP contribution < -0.4 is 15.4 Å². The summed E-state index contributed by atoms with van der Waals surface area (Å²) in [5.74, 6) is -0.0566. The summed E-state index contributed by atoms with van der Waals surface area (Å²) in [6, 6.07) is 12.7. The van der Waals surface area contributed by atoms with Gasteiger partial charge in [-0.1, -0.05) is 12.1 Å². The van der Waals surface area contributed by atoms with Gasteiger partial charge in [0.25, 0.3) is 5.91 Å². The number of piperidine rings is 1. The number of fused-ring (bicyclic) bond motifs is 1. The summed E-state index contributed by atoms with van der Waals surface area (Å²) in [4.78, 5) is 28.8. The van der Waals surface area contributed by atoms with Gasteiger partial charge < -0.3 is 15.4 Å². The number of nitrogens with zero attached hydrogens (tertiary/aromatic N) is 1. The highest BCUT2D eigenvalue weighted by molar-refractivity contribution is 6.05. The summed E-state index contributed by atoms with van der Waals surface area (Å²) >= 11 is 0. The van der Waals surface area contributed by atoms with Crippen LogP contribution in [0.5, 0.6) is 5.75 Å². The Bertz CT molecular complexity index is 1350. The van der Waals surface area contributed by atoms with E-state index in [0.29, 0.717) is 23.4 Å². The molecule has 2 aliphatic rings. The predicted octanol–water partition coefficient (Wildman–Crippen LogP) is 5.42. The summed E-state index contributed by atoms with van der Waals surface area (Å²) in [5, 5.41) is 5.96. The molecule has 1 saturated heterocycles. The average molecular weight is 496 g/mol. The lowest BCUT2D eigenvalue weighted by molar-refractivity contribution is -0.141. The van der Waals surface area contributed by atoms with Crippen molar-refractivity contribution in [3.63, 3.8) is 0 Å². The number of anilines is 1.